The van der Waals surface area contributed by atoms with Crippen molar-refractivity contribution in [1.29, 1.82) is 0 Å². The fourth-order valence-electron chi connectivity index (χ4n) is 5.16. The van der Waals surface area contributed by atoms with E-state index in [1.807, 2.05) is 0 Å². The van der Waals surface area contributed by atoms with Crippen molar-refractivity contribution in [2.45, 2.75) is 118 Å². The molecule has 4 heteroatoms. The molecule has 4 rings (SSSR count). The van der Waals surface area contributed by atoms with Crippen molar-refractivity contribution in [3.63, 3.8) is 0 Å². The Kier molecular flexibility index (Phi) is 11.3. The van der Waals surface area contributed by atoms with Gasteiger partial charge in [0.15, 0.2) is 0 Å². The van der Waals surface area contributed by atoms with Gasteiger partial charge in [-0.2, -0.15) is 0 Å². The van der Waals surface area contributed by atoms with Gasteiger partial charge in [-0.1, -0.05) is 0 Å². The molecule has 0 aromatic heterocycles. The SMILES string of the molecule is CC(C)(C)c1cc([Se][Se]c2cc(C(C)(C)C)cc(C(C)(C)C)c2OCc2ccccc2)c(OCc2ccccc2)c(C(C)(C)C)c1. The Morgan fingerprint density at radius 2 is 0.761 bits per heavy atom. The van der Waals surface area contributed by atoms with Crippen molar-refractivity contribution < 1.29 is 9.47 Å². The summed E-state index contributed by atoms with van der Waals surface area (Å²) in [7, 11) is 0. The van der Waals surface area contributed by atoms with Crippen LogP contribution in [0.15, 0.2) is 84.9 Å². The summed E-state index contributed by atoms with van der Waals surface area (Å²) in [5.74, 6) is 2.14. The number of rotatable bonds is 9. The van der Waals surface area contributed by atoms with Gasteiger partial charge in [0.1, 0.15) is 0 Å². The van der Waals surface area contributed by atoms with E-state index >= 15 is 0 Å². The molecular weight excluding hydrogens is 694 g/mol. The second-order valence-electron chi connectivity index (χ2n) is 16.4. The average molecular weight is 749 g/mol. The van der Waals surface area contributed by atoms with Crippen LogP contribution in [0, 0.1) is 0 Å². The van der Waals surface area contributed by atoms with E-state index < -0.39 is 0 Å². The van der Waals surface area contributed by atoms with Gasteiger partial charge in [0, 0.05) is 0 Å². The zero-order valence-corrected chi connectivity index (χ0v) is 33.6. The van der Waals surface area contributed by atoms with E-state index in [1.165, 1.54) is 42.3 Å². The number of hydrogen-bond donors (Lipinski definition) is 0. The van der Waals surface area contributed by atoms with Gasteiger partial charge in [0.2, 0.25) is 0 Å². The van der Waals surface area contributed by atoms with E-state index in [4.69, 9.17) is 9.47 Å². The molecule has 0 N–H and O–H groups in total. The van der Waals surface area contributed by atoms with Gasteiger partial charge in [0.05, 0.1) is 0 Å². The van der Waals surface area contributed by atoms with Gasteiger partial charge >= 0.3 is 292 Å². The molecule has 0 aliphatic heterocycles. The summed E-state index contributed by atoms with van der Waals surface area (Å²) in [6.07, 6.45) is 0. The van der Waals surface area contributed by atoms with E-state index in [0.29, 0.717) is 13.2 Å². The molecule has 0 fully saturated rings. The summed E-state index contributed by atoms with van der Waals surface area (Å²) < 4.78 is 16.4. The van der Waals surface area contributed by atoms with E-state index in [-0.39, 0.29) is 47.9 Å². The standard InChI is InChI=1S/C42H54O2Se2/c1-39(2,3)31-23-33(41(7,8)9)37(43-27-29-19-15-13-16-20-29)35(25-31)45-46-36-26-32(40(4,5)6)24-34(42(10,11)12)38(36)44-28-30-21-17-14-18-22-30/h13-26H,27-28H2,1-12H3. The van der Waals surface area contributed by atoms with E-state index in [1.54, 1.807) is 0 Å². The van der Waals surface area contributed by atoms with Crippen LogP contribution in [-0.4, -0.2) is 26.3 Å². The first-order valence-corrected chi connectivity index (χ1v) is 22.4. The van der Waals surface area contributed by atoms with Gasteiger partial charge in [-0.15, -0.1) is 0 Å². The molecule has 0 aliphatic rings. The number of hydrogen-bond acceptors (Lipinski definition) is 2. The van der Waals surface area contributed by atoms with Crippen LogP contribution in [0.3, 0.4) is 0 Å². The zero-order valence-electron chi connectivity index (χ0n) is 30.1. The van der Waals surface area contributed by atoms with Crippen LogP contribution >= 0.6 is 0 Å². The van der Waals surface area contributed by atoms with Crippen molar-refractivity contribution in [2.24, 2.45) is 0 Å². The first-order chi connectivity index (χ1) is 21.3. The van der Waals surface area contributed by atoms with E-state index in [2.05, 4.69) is 168 Å². The summed E-state index contributed by atoms with van der Waals surface area (Å²) in [4.78, 5) is 0. The monoisotopic (exact) mass is 750 g/mol. The molecule has 46 heavy (non-hydrogen) atoms. The Labute approximate surface area is 291 Å². The van der Waals surface area contributed by atoms with Gasteiger partial charge in [-0.05, 0) is 0 Å². The third-order valence-electron chi connectivity index (χ3n) is 8.13. The van der Waals surface area contributed by atoms with Crippen LogP contribution in [0.2, 0.25) is 0 Å². The molecule has 4 aromatic carbocycles. The number of ether oxygens (including phenoxy) is 2. The molecule has 0 bridgehead atoms. The van der Waals surface area contributed by atoms with E-state index in [9.17, 15) is 0 Å². The zero-order chi connectivity index (χ0) is 33.9. The molecule has 0 aliphatic carbocycles. The first kappa shape index (κ1) is 36.4. The van der Waals surface area contributed by atoms with Crippen molar-refractivity contribution in [3.05, 3.63) is 118 Å². The molecule has 0 amide bonds. The summed E-state index contributed by atoms with van der Waals surface area (Å²) >= 11 is 0.327. The molecule has 0 radical (unpaired) electrons. The molecule has 0 saturated heterocycles. The van der Waals surface area contributed by atoms with Gasteiger partial charge in [-0.25, -0.2) is 0 Å². The molecule has 0 unspecified atom stereocenters. The van der Waals surface area contributed by atoms with Crippen LogP contribution in [0.1, 0.15) is 116 Å². The third kappa shape index (κ3) is 9.54. The topological polar surface area (TPSA) is 18.5 Å². The molecule has 0 heterocycles. The fourth-order valence-corrected chi connectivity index (χ4v) is 11.9. The summed E-state index contributed by atoms with van der Waals surface area (Å²) in [6.45, 7) is 28.9. The van der Waals surface area contributed by atoms with Crippen LogP contribution in [0.5, 0.6) is 11.5 Å². The third-order valence-corrected chi connectivity index (χ3v) is 15.2. The van der Waals surface area contributed by atoms with Crippen molar-refractivity contribution in [1.82, 2.24) is 0 Å². The summed E-state index contributed by atoms with van der Waals surface area (Å²) in [5, 5.41) is 0. The van der Waals surface area contributed by atoms with Crippen molar-refractivity contribution in [3.8, 4) is 11.5 Å². The van der Waals surface area contributed by atoms with E-state index in [0.717, 1.165) is 11.5 Å². The Bertz CT molecular complexity index is 1470. The molecule has 246 valence electrons. The Hall–Kier alpha value is -2.48. The van der Waals surface area contributed by atoms with Crippen LogP contribution in [-0.2, 0) is 34.9 Å². The summed E-state index contributed by atoms with van der Waals surface area (Å²) in [6, 6.07) is 30.8. The molecular formula is C42H54O2Se2. The fraction of sp³-hybridized carbons (Fsp3) is 0.429. The minimum atomic E-state index is -0.0549. The Balaban J connectivity index is 1.84. The minimum absolute atomic E-state index is 0.0330. The molecule has 4 aromatic rings. The summed E-state index contributed by atoms with van der Waals surface area (Å²) in [5.41, 5.74) is 7.67. The maximum atomic E-state index is 6.82. The van der Waals surface area contributed by atoms with Crippen LogP contribution in [0.4, 0.5) is 0 Å². The predicted octanol–water partition coefficient (Wildman–Crippen LogP) is 9.31. The average Bonchev–Trinajstić information content (AvgIpc) is 2.96. The Morgan fingerprint density at radius 3 is 1.04 bits per heavy atom. The van der Waals surface area contributed by atoms with Crippen LogP contribution < -0.4 is 18.4 Å². The van der Waals surface area contributed by atoms with Gasteiger partial charge < -0.3 is 0 Å². The second-order valence-corrected chi connectivity index (χ2v) is 22.6. The molecule has 0 saturated carbocycles. The Morgan fingerprint density at radius 1 is 0.435 bits per heavy atom. The molecule has 2 nitrogen and oxygen atoms in total. The van der Waals surface area contributed by atoms with Crippen LogP contribution in [0.25, 0.3) is 0 Å². The molecule has 0 spiro atoms. The number of benzene rings is 4. The van der Waals surface area contributed by atoms with Crippen molar-refractivity contribution >= 4 is 35.2 Å². The molecule has 0 atom stereocenters. The normalized spacial score (nSPS) is 12.7. The van der Waals surface area contributed by atoms with Crippen molar-refractivity contribution in [2.75, 3.05) is 0 Å². The quantitative estimate of drug-likeness (QED) is 0.159. The first-order valence-electron chi connectivity index (χ1n) is 16.4. The van der Waals surface area contributed by atoms with Gasteiger partial charge in [-0.3, -0.25) is 0 Å². The predicted molar refractivity (Wildman–Crippen MR) is 200 cm³/mol. The van der Waals surface area contributed by atoms with Gasteiger partial charge in [0.25, 0.3) is 0 Å². The second kappa shape index (κ2) is 14.3. The maximum absolute atomic E-state index is 6.82.